The topological polar surface area (TPSA) is 48.0 Å². The summed E-state index contributed by atoms with van der Waals surface area (Å²) in [5.41, 5.74) is -0.616. The third-order valence-electron chi connectivity index (χ3n) is 5.03. The fourth-order valence-corrected chi connectivity index (χ4v) is 2.72. The highest BCUT2D eigenvalue weighted by molar-refractivity contribution is 6.63. The van der Waals surface area contributed by atoms with E-state index in [4.69, 9.17) is 9.31 Å². The number of alkyl halides is 2. The fraction of sp³-hybridized carbons (Fsp3) is 0.611. The minimum absolute atomic E-state index is 0.114. The second kappa shape index (κ2) is 7.52. The van der Waals surface area contributed by atoms with Crippen LogP contribution in [0.3, 0.4) is 0 Å². The number of hydrogen-bond donors (Lipinski definition) is 0. The van der Waals surface area contributed by atoms with Gasteiger partial charge in [-0.25, -0.2) is 0 Å². The molecule has 1 heterocycles. The molecule has 1 aliphatic heterocycles. The fourth-order valence-electron chi connectivity index (χ4n) is 2.72. The molecule has 1 aromatic carbocycles. The summed E-state index contributed by atoms with van der Waals surface area (Å²) >= 11 is 0. The Labute approximate surface area is 153 Å². The number of amides is 1. The van der Waals surface area contributed by atoms with Crippen LogP contribution in [0.15, 0.2) is 18.2 Å². The summed E-state index contributed by atoms with van der Waals surface area (Å²) in [6.07, 6.45) is 0. The predicted molar refractivity (Wildman–Crippen MR) is 96.0 cm³/mol. The highest BCUT2D eigenvalue weighted by atomic mass is 19.3. The van der Waals surface area contributed by atoms with Crippen molar-refractivity contribution in [1.82, 2.24) is 4.90 Å². The maximum absolute atomic E-state index is 12.9. The number of halogens is 2. The smallest absolute Gasteiger partial charge is 0.435 e. The monoisotopic (exact) mass is 369 g/mol. The Morgan fingerprint density at radius 2 is 1.69 bits per heavy atom. The number of rotatable bonds is 6. The Balaban J connectivity index is 2.40. The van der Waals surface area contributed by atoms with Crippen LogP contribution in [0.1, 0.15) is 51.9 Å². The van der Waals surface area contributed by atoms with Gasteiger partial charge in [-0.2, -0.15) is 8.78 Å². The van der Waals surface area contributed by atoms with Gasteiger partial charge in [-0.1, -0.05) is 6.07 Å². The van der Waals surface area contributed by atoms with Crippen LogP contribution in [-0.2, 0) is 9.31 Å². The van der Waals surface area contributed by atoms with Gasteiger partial charge in [0.25, 0.3) is 5.91 Å². The first-order valence-corrected chi connectivity index (χ1v) is 8.76. The van der Waals surface area contributed by atoms with Crippen molar-refractivity contribution in [3.05, 3.63) is 23.8 Å². The molecule has 8 heteroatoms. The molecule has 1 amide bonds. The molecule has 26 heavy (non-hydrogen) atoms. The first-order chi connectivity index (χ1) is 12.0. The maximum Gasteiger partial charge on any atom is 0.498 e. The van der Waals surface area contributed by atoms with Gasteiger partial charge in [0.1, 0.15) is 5.75 Å². The van der Waals surface area contributed by atoms with Crippen LogP contribution in [0.4, 0.5) is 8.78 Å². The first-order valence-electron chi connectivity index (χ1n) is 8.76. The van der Waals surface area contributed by atoms with Gasteiger partial charge in [0.2, 0.25) is 0 Å². The summed E-state index contributed by atoms with van der Waals surface area (Å²) in [6, 6.07) is 4.46. The Morgan fingerprint density at radius 1 is 1.15 bits per heavy atom. The first kappa shape index (κ1) is 20.6. The van der Waals surface area contributed by atoms with E-state index in [2.05, 4.69) is 4.74 Å². The lowest BCUT2D eigenvalue weighted by molar-refractivity contribution is -0.0493. The minimum atomic E-state index is -3.02. The number of carbonyl (C=O) groups excluding carboxylic acids is 1. The van der Waals surface area contributed by atoms with Crippen LogP contribution < -0.4 is 10.2 Å². The molecule has 1 fully saturated rings. The van der Waals surface area contributed by atoms with E-state index in [9.17, 15) is 13.6 Å². The molecule has 0 atom stereocenters. The molecular formula is C18H26BF2NO4. The van der Waals surface area contributed by atoms with Crippen LogP contribution in [0.5, 0.6) is 5.75 Å². The van der Waals surface area contributed by atoms with Crippen molar-refractivity contribution < 1.29 is 27.6 Å². The zero-order valence-corrected chi connectivity index (χ0v) is 16.1. The van der Waals surface area contributed by atoms with E-state index in [1.54, 1.807) is 17.0 Å². The number of ether oxygens (including phenoxy) is 1. The lowest BCUT2D eigenvalue weighted by Crippen LogP contribution is -2.41. The van der Waals surface area contributed by atoms with Crippen molar-refractivity contribution in [1.29, 1.82) is 0 Å². The van der Waals surface area contributed by atoms with Gasteiger partial charge in [0, 0.05) is 24.1 Å². The van der Waals surface area contributed by atoms with Gasteiger partial charge in [0.05, 0.1) is 11.2 Å². The summed E-state index contributed by atoms with van der Waals surface area (Å²) in [5, 5.41) is 0. The zero-order valence-electron chi connectivity index (χ0n) is 16.1. The summed E-state index contributed by atoms with van der Waals surface area (Å²) < 4.78 is 42.3. The highest BCUT2D eigenvalue weighted by Crippen LogP contribution is 2.37. The molecule has 1 saturated heterocycles. The van der Waals surface area contributed by atoms with Crippen LogP contribution >= 0.6 is 0 Å². The Morgan fingerprint density at radius 3 is 2.15 bits per heavy atom. The Hall–Kier alpha value is -1.67. The highest BCUT2D eigenvalue weighted by Gasteiger charge is 2.52. The number of carbonyl (C=O) groups is 1. The Kier molecular flexibility index (Phi) is 5.97. The van der Waals surface area contributed by atoms with E-state index in [-0.39, 0.29) is 17.2 Å². The summed E-state index contributed by atoms with van der Waals surface area (Å²) in [7, 11) is -0.855. The molecule has 0 N–H and O–H groups in total. The molecule has 1 aromatic rings. The SMILES string of the molecule is CCN(CC)C(=O)c1ccc(B2OC(C)(C)C(C)(C)O2)c(OC(F)F)c1. The summed E-state index contributed by atoms with van der Waals surface area (Å²) in [5.74, 6) is -0.355. The van der Waals surface area contributed by atoms with Gasteiger partial charge in [-0.05, 0) is 53.7 Å². The quantitative estimate of drug-likeness (QED) is 0.724. The van der Waals surface area contributed by atoms with Gasteiger partial charge in [-0.15, -0.1) is 0 Å². The van der Waals surface area contributed by atoms with E-state index in [1.165, 1.54) is 6.07 Å². The van der Waals surface area contributed by atoms with Crippen molar-refractivity contribution in [3.63, 3.8) is 0 Å². The molecule has 0 unspecified atom stereocenters. The summed E-state index contributed by atoms with van der Waals surface area (Å²) in [6.45, 7) is 9.25. The Bertz CT molecular complexity index is 647. The van der Waals surface area contributed by atoms with E-state index in [0.29, 0.717) is 18.6 Å². The number of benzene rings is 1. The van der Waals surface area contributed by atoms with Gasteiger partial charge in [-0.3, -0.25) is 4.79 Å². The molecule has 2 rings (SSSR count). The van der Waals surface area contributed by atoms with Crippen molar-refractivity contribution >= 4 is 18.5 Å². The maximum atomic E-state index is 12.9. The molecule has 0 bridgehead atoms. The van der Waals surface area contributed by atoms with Gasteiger partial charge < -0.3 is 18.9 Å². The van der Waals surface area contributed by atoms with E-state index >= 15 is 0 Å². The third-order valence-corrected chi connectivity index (χ3v) is 5.03. The lowest BCUT2D eigenvalue weighted by Gasteiger charge is -2.32. The molecule has 0 radical (unpaired) electrons. The van der Waals surface area contributed by atoms with Gasteiger partial charge >= 0.3 is 13.7 Å². The van der Waals surface area contributed by atoms with Crippen molar-refractivity contribution in [2.45, 2.75) is 59.4 Å². The van der Waals surface area contributed by atoms with Crippen LogP contribution in [0.25, 0.3) is 0 Å². The third kappa shape index (κ3) is 4.01. The van der Waals surface area contributed by atoms with E-state index in [0.717, 1.165) is 0 Å². The molecule has 0 aliphatic carbocycles. The average molecular weight is 369 g/mol. The molecule has 144 valence electrons. The minimum Gasteiger partial charge on any atom is -0.435 e. The molecule has 0 aromatic heterocycles. The van der Waals surface area contributed by atoms with Crippen molar-refractivity contribution in [2.75, 3.05) is 13.1 Å². The van der Waals surface area contributed by atoms with Crippen LogP contribution in [-0.4, -0.2) is 48.8 Å². The van der Waals surface area contributed by atoms with Crippen LogP contribution in [0, 0.1) is 0 Å². The molecular weight excluding hydrogens is 343 g/mol. The molecule has 5 nitrogen and oxygen atoms in total. The van der Waals surface area contributed by atoms with Crippen LogP contribution in [0.2, 0.25) is 0 Å². The predicted octanol–water partition coefficient (Wildman–Crippen LogP) is 3.07. The summed E-state index contributed by atoms with van der Waals surface area (Å²) in [4.78, 5) is 14.1. The normalized spacial score (nSPS) is 18.3. The second-order valence-electron chi connectivity index (χ2n) is 7.20. The van der Waals surface area contributed by atoms with Crippen molar-refractivity contribution in [3.8, 4) is 5.75 Å². The second-order valence-corrected chi connectivity index (χ2v) is 7.20. The molecule has 0 saturated carbocycles. The zero-order chi connectivity index (χ0) is 19.7. The number of nitrogens with zero attached hydrogens (tertiary/aromatic N) is 1. The molecule has 1 aliphatic rings. The van der Waals surface area contributed by atoms with Gasteiger partial charge in [0.15, 0.2) is 0 Å². The largest absolute Gasteiger partial charge is 0.498 e. The standard InChI is InChI=1S/C18H26BF2NO4/c1-7-22(8-2)15(23)12-9-10-13(14(11-12)24-16(20)21)19-25-17(3,4)18(5,6)26-19/h9-11,16H,7-8H2,1-6H3. The van der Waals surface area contributed by atoms with E-state index < -0.39 is 24.9 Å². The van der Waals surface area contributed by atoms with E-state index in [1.807, 2.05) is 41.5 Å². The molecule has 0 spiro atoms. The number of hydrogen-bond acceptors (Lipinski definition) is 4. The van der Waals surface area contributed by atoms with Crippen molar-refractivity contribution in [2.24, 2.45) is 0 Å². The average Bonchev–Trinajstić information content (AvgIpc) is 2.75. The lowest BCUT2D eigenvalue weighted by atomic mass is 9.78.